The zero-order valence-electron chi connectivity index (χ0n) is 13.7. The van der Waals surface area contributed by atoms with E-state index in [9.17, 15) is 0 Å². The molecule has 1 fully saturated rings. The van der Waals surface area contributed by atoms with Gasteiger partial charge in [0.05, 0.1) is 5.54 Å². The largest absolute Gasteiger partial charge is 0.305 e. The molecule has 1 N–H and O–H groups in total. The summed E-state index contributed by atoms with van der Waals surface area (Å²) in [6.07, 6.45) is 1.25. The molecule has 0 bridgehead atoms. The van der Waals surface area contributed by atoms with Crippen molar-refractivity contribution < 1.29 is 0 Å². The van der Waals surface area contributed by atoms with Crippen molar-refractivity contribution in [1.29, 1.82) is 0 Å². The predicted octanol–water partition coefficient (Wildman–Crippen LogP) is 3.63. The number of hydrogen-bond donors (Lipinski definition) is 1. The molecule has 0 saturated carbocycles. The molecule has 112 valence electrons. The summed E-state index contributed by atoms with van der Waals surface area (Å²) in [5.74, 6) is 0. The Labute approximate surface area is 124 Å². The van der Waals surface area contributed by atoms with Crippen LogP contribution in [0.25, 0.3) is 0 Å². The summed E-state index contributed by atoms with van der Waals surface area (Å²) < 4.78 is 0. The van der Waals surface area contributed by atoms with Crippen LogP contribution in [0.4, 0.5) is 0 Å². The molecule has 0 aromatic heterocycles. The summed E-state index contributed by atoms with van der Waals surface area (Å²) in [7, 11) is 0. The minimum atomic E-state index is 0.0751. The summed E-state index contributed by atoms with van der Waals surface area (Å²) >= 11 is 0. The first kappa shape index (κ1) is 15.5. The molecule has 2 atom stereocenters. The van der Waals surface area contributed by atoms with Crippen LogP contribution in [0.15, 0.2) is 30.3 Å². The van der Waals surface area contributed by atoms with Crippen LogP contribution < -0.4 is 5.32 Å². The topological polar surface area (TPSA) is 15.3 Å². The lowest BCUT2D eigenvalue weighted by atomic mass is 9.87. The number of rotatable bonds is 3. The zero-order valence-corrected chi connectivity index (χ0v) is 13.7. The van der Waals surface area contributed by atoms with Gasteiger partial charge < -0.3 is 5.32 Å². The fourth-order valence-electron chi connectivity index (χ4n) is 2.90. The van der Waals surface area contributed by atoms with E-state index in [2.05, 4.69) is 75.2 Å². The highest BCUT2D eigenvalue weighted by atomic mass is 15.2. The van der Waals surface area contributed by atoms with Gasteiger partial charge in [0.2, 0.25) is 0 Å². The SMILES string of the molecule is CC1CNC(C)(c2ccccc2)CN1CCC(C)(C)C. The minimum absolute atomic E-state index is 0.0751. The van der Waals surface area contributed by atoms with E-state index in [0.29, 0.717) is 11.5 Å². The average Bonchev–Trinajstić information content (AvgIpc) is 2.40. The smallest absolute Gasteiger partial charge is 0.0535 e. The highest BCUT2D eigenvalue weighted by Crippen LogP contribution is 2.28. The van der Waals surface area contributed by atoms with Gasteiger partial charge in [0.15, 0.2) is 0 Å². The molecule has 0 radical (unpaired) electrons. The Hall–Kier alpha value is -0.860. The van der Waals surface area contributed by atoms with Gasteiger partial charge in [-0.3, -0.25) is 4.90 Å². The Morgan fingerprint density at radius 3 is 2.50 bits per heavy atom. The van der Waals surface area contributed by atoms with Crippen molar-refractivity contribution >= 4 is 0 Å². The average molecular weight is 274 g/mol. The van der Waals surface area contributed by atoms with Crippen molar-refractivity contribution in [3.8, 4) is 0 Å². The second kappa shape index (κ2) is 5.87. The Morgan fingerprint density at radius 1 is 1.25 bits per heavy atom. The van der Waals surface area contributed by atoms with E-state index in [0.717, 1.165) is 13.1 Å². The first-order chi connectivity index (χ1) is 9.30. The van der Waals surface area contributed by atoms with Crippen LogP contribution in [0, 0.1) is 5.41 Å². The van der Waals surface area contributed by atoms with Crippen molar-refractivity contribution in [3.05, 3.63) is 35.9 Å². The van der Waals surface area contributed by atoms with E-state index in [4.69, 9.17) is 0 Å². The van der Waals surface area contributed by atoms with E-state index in [1.54, 1.807) is 0 Å². The molecule has 1 aliphatic rings. The molecule has 0 spiro atoms. The van der Waals surface area contributed by atoms with E-state index >= 15 is 0 Å². The lowest BCUT2D eigenvalue weighted by Gasteiger charge is -2.46. The summed E-state index contributed by atoms with van der Waals surface area (Å²) in [5, 5.41) is 3.75. The fraction of sp³-hybridized carbons (Fsp3) is 0.667. The van der Waals surface area contributed by atoms with Gasteiger partial charge in [0.1, 0.15) is 0 Å². The molecular formula is C18H30N2. The maximum atomic E-state index is 3.75. The van der Waals surface area contributed by atoms with Crippen LogP contribution in [-0.4, -0.2) is 30.6 Å². The Morgan fingerprint density at radius 2 is 1.90 bits per heavy atom. The summed E-state index contributed by atoms with van der Waals surface area (Å²) in [6.45, 7) is 15.0. The summed E-state index contributed by atoms with van der Waals surface area (Å²) in [6, 6.07) is 11.5. The van der Waals surface area contributed by atoms with Gasteiger partial charge in [0.25, 0.3) is 0 Å². The minimum Gasteiger partial charge on any atom is -0.305 e. The monoisotopic (exact) mass is 274 g/mol. The lowest BCUT2D eigenvalue weighted by molar-refractivity contribution is 0.0834. The van der Waals surface area contributed by atoms with Crippen LogP contribution in [0.3, 0.4) is 0 Å². The van der Waals surface area contributed by atoms with Gasteiger partial charge in [0, 0.05) is 19.1 Å². The number of hydrogen-bond acceptors (Lipinski definition) is 2. The molecule has 20 heavy (non-hydrogen) atoms. The van der Waals surface area contributed by atoms with Crippen LogP contribution in [0.5, 0.6) is 0 Å². The van der Waals surface area contributed by atoms with E-state index < -0.39 is 0 Å². The van der Waals surface area contributed by atoms with Crippen LogP contribution in [-0.2, 0) is 5.54 Å². The van der Waals surface area contributed by atoms with Gasteiger partial charge in [-0.1, -0.05) is 51.1 Å². The van der Waals surface area contributed by atoms with Gasteiger partial charge in [-0.15, -0.1) is 0 Å². The zero-order chi connectivity index (χ0) is 14.8. The number of nitrogens with zero attached hydrogens (tertiary/aromatic N) is 1. The number of piperazine rings is 1. The lowest BCUT2D eigenvalue weighted by Crippen LogP contribution is -2.60. The third kappa shape index (κ3) is 3.83. The first-order valence-corrected chi connectivity index (χ1v) is 7.85. The Balaban J connectivity index is 2.07. The maximum Gasteiger partial charge on any atom is 0.0535 e. The first-order valence-electron chi connectivity index (χ1n) is 7.85. The molecule has 1 aliphatic heterocycles. The molecule has 1 aromatic carbocycles. The van der Waals surface area contributed by atoms with Crippen molar-refractivity contribution in [2.24, 2.45) is 5.41 Å². The fourth-order valence-corrected chi connectivity index (χ4v) is 2.90. The van der Waals surface area contributed by atoms with Crippen molar-refractivity contribution in [1.82, 2.24) is 10.2 Å². The standard InChI is InChI=1S/C18H30N2/c1-15-13-19-18(5,16-9-7-6-8-10-16)14-20(15)12-11-17(2,3)4/h6-10,15,19H,11-14H2,1-5H3. The molecule has 2 nitrogen and oxygen atoms in total. The van der Waals surface area contributed by atoms with E-state index in [1.165, 1.54) is 18.5 Å². The molecule has 0 aliphatic carbocycles. The molecule has 2 heteroatoms. The van der Waals surface area contributed by atoms with Crippen molar-refractivity contribution in [2.75, 3.05) is 19.6 Å². The second-order valence-electron chi connectivity index (χ2n) is 7.71. The van der Waals surface area contributed by atoms with Crippen LogP contribution in [0.1, 0.15) is 46.6 Å². The molecule has 2 unspecified atom stereocenters. The summed E-state index contributed by atoms with van der Waals surface area (Å²) in [5.41, 5.74) is 1.88. The van der Waals surface area contributed by atoms with Gasteiger partial charge in [-0.2, -0.15) is 0 Å². The van der Waals surface area contributed by atoms with Crippen molar-refractivity contribution in [2.45, 2.75) is 52.6 Å². The molecular weight excluding hydrogens is 244 g/mol. The summed E-state index contributed by atoms with van der Waals surface area (Å²) in [4.78, 5) is 2.65. The van der Waals surface area contributed by atoms with Crippen LogP contribution in [0.2, 0.25) is 0 Å². The second-order valence-corrected chi connectivity index (χ2v) is 7.71. The number of nitrogens with one attached hydrogen (secondary N) is 1. The Bertz CT molecular complexity index is 421. The molecule has 1 aromatic rings. The van der Waals surface area contributed by atoms with Crippen molar-refractivity contribution in [3.63, 3.8) is 0 Å². The third-order valence-electron chi connectivity index (χ3n) is 4.49. The molecule has 1 saturated heterocycles. The van der Waals surface area contributed by atoms with E-state index in [-0.39, 0.29) is 5.54 Å². The number of benzene rings is 1. The predicted molar refractivity (Wildman–Crippen MR) is 86.9 cm³/mol. The Kier molecular flexibility index (Phi) is 4.55. The van der Waals surface area contributed by atoms with Crippen LogP contribution >= 0.6 is 0 Å². The quantitative estimate of drug-likeness (QED) is 0.905. The highest BCUT2D eigenvalue weighted by Gasteiger charge is 2.35. The third-order valence-corrected chi connectivity index (χ3v) is 4.49. The highest BCUT2D eigenvalue weighted by molar-refractivity contribution is 5.25. The molecule has 2 rings (SSSR count). The molecule has 0 amide bonds. The van der Waals surface area contributed by atoms with E-state index in [1.807, 2.05) is 0 Å². The van der Waals surface area contributed by atoms with Gasteiger partial charge >= 0.3 is 0 Å². The normalized spacial score (nSPS) is 28.6. The van der Waals surface area contributed by atoms with Gasteiger partial charge in [-0.05, 0) is 37.8 Å². The van der Waals surface area contributed by atoms with Gasteiger partial charge in [-0.25, -0.2) is 0 Å². The maximum absolute atomic E-state index is 3.75. The molecule has 1 heterocycles.